The number of nitrogens with one attached hydrogen (secondary N) is 1. The number of furan rings is 1. The number of rotatable bonds is 6. The second-order valence-corrected chi connectivity index (χ2v) is 9.50. The van der Waals surface area contributed by atoms with Crippen molar-refractivity contribution in [2.24, 2.45) is 12.0 Å². The number of aromatic nitrogens is 4. The molecule has 0 unspecified atom stereocenters. The summed E-state index contributed by atoms with van der Waals surface area (Å²) in [6.07, 6.45) is 4.55. The van der Waals surface area contributed by atoms with E-state index in [0.717, 1.165) is 39.6 Å². The summed E-state index contributed by atoms with van der Waals surface area (Å²) in [5.41, 5.74) is 5.22. The van der Waals surface area contributed by atoms with Crippen LogP contribution in [0.2, 0.25) is 0 Å². The minimum atomic E-state index is -0.141. The van der Waals surface area contributed by atoms with Crippen LogP contribution >= 0.6 is 11.3 Å². The molecule has 0 amide bonds. The fraction of sp³-hybridized carbons (Fsp3) is 0.143. The average molecular weight is 496 g/mol. The molecule has 0 fully saturated rings. The summed E-state index contributed by atoms with van der Waals surface area (Å²) < 4.78 is 11.4. The van der Waals surface area contributed by atoms with Crippen LogP contribution in [-0.4, -0.2) is 18.9 Å². The second-order valence-electron chi connectivity index (χ2n) is 8.66. The van der Waals surface area contributed by atoms with E-state index in [2.05, 4.69) is 33.9 Å². The Hall–Kier alpha value is -4.30. The van der Waals surface area contributed by atoms with Crippen LogP contribution in [0, 0.1) is 6.92 Å². The summed E-state index contributed by atoms with van der Waals surface area (Å²) in [5.74, 6) is 0.776. The number of aromatic amines is 1. The highest BCUT2D eigenvalue weighted by atomic mass is 32.1. The maximum Gasteiger partial charge on any atom is 0.297 e. The van der Waals surface area contributed by atoms with Crippen LogP contribution in [0.4, 0.5) is 5.69 Å². The van der Waals surface area contributed by atoms with Gasteiger partial charge in [-0.15, -0.1) is 11.3 Å². The van der Waals surface area contributed by atoms with Gasteiger partial charge in [0.2, 0.25) is 0 Å². The van der Waals surface area contributed by atoms with E-state index in [0.29, 0.717) is 12.2 Å². The fourth-order valence-electron chi connectivity index (χ4n) is 4.61. The highest BCUT2D eigenvalue weighted by Crippen LogP contribution is 2.24. The minimum Gasteiger partial charge on any atom is -0.463 e. The Labute approximate surface area is 211 Å². The number of fused-ring (bicyclic) bond motifs is 1. The molecule has 0 atom stereocenters. The smallest absolute Gasteiger partial charge is 0.297 e. The Balaban J connectivity index is 1.46. The molecule has 0 aliphatic carbocycles. The van der Waals surface area contributed by atoms with E-state index in [4.69, 9.17) is 9.41 Å². The van der Waals surface area contributed by atoms with Gasteiger partial charge in [0.1, 0.15) is 0 Å². The van der Waals surface area contributed by atoms with Crippen LogP contribution in [-0.2, 0) is 20.0 Å². The average Bonchev–Trinajstić information content (AvgIpc) is 3.68. The topological polar surface area (TPSA) is 73.2 Å². The van der Waals surface area contributed by atoms with Crippen molar-refractivity contribution in [1.29, 1.82) is 0 Å². The Morgan fingerprint density at radius 2 is 1.83 bits per heavy atom. The summed E-state index contributed by atoms with van der Waals surface area (Å²) in [5, 5.41) is 3.26. The molecular weight excluding hydrogens is 470 g/mol. The maximum absolute atomic E-state index is 13.5. The fourth-order valence-corrected chi connectivity index (χ4v) is 5.53. The summed E-state index contributed by atoms with van der Waals surface area (Å²) in [6.45, 7) is 2.62. The summed E-state index contributed by atoms with van der Waals surface area (Å²) in [7, 11) is 1.89. The van der Waals surface area contributed by atoms with Crippen LogP contribution in [0.25, 0.3) is 28.0 Å². The van der Waals surface area contributed by atoms with Gasteiger partial charge in [-0.1, -0.05) is 36.4 Å². The van der Waals surface area contributed by atoms with Crippen molar-refractivity contribution in [2.75, 3.05) is 0 Å². The number of hydrogen-bond donors (Lipinski definition) is 1. The first kappa shape index (κ1) is 22.2. The van der Waals surface area contributed by atoms with Gasteiger partial charge in [-0.2, -0.15) is 0 Å². The zero-order chi connectivity index (χ0) is 24.6. The first-order valence-corrected chi connectivity index (χ1v) is 12.7. The monoisotopic (exact) mass is 495 g/mol. The van der Waals surface area contributed by atoms with E-state index < -0.39 is 0 Å². The minimum absolute atomic E-state index is 0.141. The van der Waals surface area contributed by atoms with Gasteiger partial charge in [-0.25, -0.2) is 9.67 Å². The normalized spacial score (nSPS) is 12.1. The molecular formula is C28H25N5O2S. The van der Waals surface area contributed by atoms with Gasteiger partial charge < -0.3 is 14.0 Å². The van der Waals surface area contributed by atoms with Crippen LogP contribution in [0.1, 0.15) is 11.3 Å². The highest BCUT2D eigenvalue weighted by molar-refractivity contribution is 7.07. The van der Waals surface area contributed by atoms with Crippen LogP contribution in [0.15, 0.2) is 98.8 Å². The maximum atomic E-state index is 13.5. The van der Waals surface area contributed by atoms with Gasteiger partial charge in [0.25, 0.3) is 5.56 Å². The lowest BCUT2D eigenvalue weighted by atomic mass is 10.1. The highest BCUT2D eigenvalue weighted by Gasteiger charge is 2.17. The summed E-state index contributed by atoms with van der Waals surface area (Å²) in [4.78, 5) is 22.5. The van der Waals surface area contributed by atoms with Crippen molar-refractivity contribution in [2.45, 2.75) is 19.9 Å². The molecule has 0 spiro atoms. The van der Waals surface area contributed by atoms with Gasteiger partial charge in [-0.05, 0) is 49.2 Å². The zero-order valence-electron chi connectivity index (χ0n) is 20.0. The molecule has 0 bridgehead atoms. The Morgan fingerprint density at radius 3 is 2.64 bits per heavy atom. The number of thiazole rings is 1. The molecule has 6 aromatic rings. The zero-order valence-corrected chi connectivity index (χ0v) is 20.8. The standard InChI is InChI=1S/C28H25N5O2S/c1-19-26(27(34)33(31(19)2)21-9-4-3-5-10-21)30-28-32(24(18-36-28)25-13-8-16-35-25)15-14-20-17-29-23-12-7-6-11-22(20)23/h3-13,16-18,29H,14-15H2,1-2H3. The van der Waals surface area contributed by atoms with Gasteiger partial charge in [0.05, 0.1) is 23.3 Å². The van der Waals surface area contributed by atoms with Crippen LogP contribution < -0.4 is 10.4 Å². The number of para-hydroxylation sites is 2. The second kappa shape index (κ2) is 9.05. The summed E-state index contributed by atoms with van der Waals surface area (Å²) in [6, 6.07) is 21.8. The number of hydrogen-bond acceptors (Lipinski definition) is 4. The van der Waals surface area contributed by atoms with Crippen molar-refractivity contribution in [3.63, 3.8) is 0 Å². The third kappa shape index (κ3) is 3.76. The quantitative estimate of drug-likeness (QED) is 0.328. The molecule has 8 heteroatoms. The molecule has 0 saturated heterocycles. The molecule has 0 radical (unpaired) electrons. The molecule has 4 heterocycles. The lowest BCUT2D eigenvalue weighted by Crippen LogP contribution is -2.20. The van der Waals surface area contributed by atoms with Gasteiger partial charge in [-0.3, -0.25) is 9.48 Å². The first-order chi connectivity index (χ1) is 17.6. The predicted octanol–water partition coefficient (Wildman–Crippen LogP) is 5.56. The van der Waals surface area contributed by atoms with E-state index >= 15 is 0 Å². The molecule has 2 aromatic carbocycles. The third-order valence-corrected chi connectivity index (χ3v) is 7.45. The van der Waals surface area contributed by atoms with Gasteiger partial charge in [0.15, 0.2) is 16.2 Å². The SMILES string of the molecule is Cc1c(N=c2scc(-c3ccco3)n2CCc2c[nH]c3ccccc23)c(=O)n(-c2ccccc2)n1C. The van der Waals surface area contributed by atoms with Crippen molar-refractivity contribution >= 4 is 27.9 Å². The molecule has 7 nitrogen and oxygen atoms in total. The molecule has 1 N–H and O–H groups in total. The Bertz CT molecular complexity index is 1780. The third-order valence-electron chi connectivity index (χ3n) is 6.58. The molecule has 0 aliphatic rings. The van der Waals surface area contributed by atoms with Gasteiger partial charge >= 0.3 is 0 Å². The van der Waals surface area contributed by atoms with Crippen molar-refractivity contribution in [1.82, 2.24) is 18.9 Å². The van der Waals surface area contributed by atoms with Crippen LogP contribution in [0.5, 0.6) is 0 Å². The number of aryl methyl sites for hydroxylation is 1. The van der Waals surface area contributed by atoms with E-state index in [-0.39, 0.29) is 5.56 Å². The Kier molecular flexibility index (Phi) is 5.58. The van der Waals surface area contributed by atoms with E-state index in [9.17, 15) is 4.79 Å². The molecule has 4 aromatic heterocycles. The molecule has 0 saturated carbocycles. The molecule has 180 valence electrons. The van der Waals surface area contributed by atoms with E-state index in [1.165, 1.54) is 22.3 Å². The summed E-state index contributed by atoms with van der Waals surface area (Å²) >= 11 is 1.51. The van der Waals surface area contributed by atoms with E-state index in [1.807, 2.05) is 72.6 Å². The molecule has 36 heavy (non-hydrogen) atoms. The van der Waals surface area contributed by atoms with Crippen molar-refractivity contribution in [3.05, 3.63) is 111 Å². The Morgan fingerprint density at radius 1 is 1.03 bits per heavy atom. The predicted molar refractivity (Wildman–Crippen MR) is 143 cm³/mol. The van der Waals surface area contributed by atoms with Gasteiger partial charge in [0, 0.05) is 36.1 Å². The first-order valence-electron chi connectivity index (χ1n) is 11.8. The van der Waals surface area contributed by atoms with Crippen LogP contribution in [0.3, 0.4) is 0 Å². The number of nitrogens with zero attached hydrogens (tertiary/aromatic N) is 4. The van der Waals surface area contributed by atoms with Crippen molar-refractivity contribution in [3.8, 4) is 17.1 Å². The lowest BCUT2D eigenvalue weighted by Gasteiger charge is -2.07. The largest absolute Gasteiger partial charge is 0.463 e. The van der Waals surface area contributed by atoms with E-state index in [1.54, 1.807) is 10.9 Å². The molecule has 6 rings (SSSR count). The van der Waals surface area contributed by atoms with Crippen molar-refractivity contribution < 1.29 is 4.42 Å². The number of benzene rings is 2. The lowest BCUT2D eigenvalue weighted by molar-refractivity contribution is 0.569. The molecule has 0 aliphatic heterocycles. The number of H-pyrrole nitrogens is 1.